The Morgan fingerprint density at radius 1 is 1.04 bits per heavy atom. The predicted molar refractivity (Wildman–Crippen MR) is 211 cm³/mol. The minimum Gasteiger partial charge on any atom is -0.481 e. The molecule has 12 nitrogen and oxygen atoms in total. The van der Waals surface area contributed by atoms with Gasteiger partial charge in [-0.1, -0.05) is 77.3 Å². The Hall–Kier alpha value is -3.84. The lowest BCUT2D eigenvalue weighted by Crippen LogP contribution is -2.48. The number of piperidine rings is 1. The van der Waals surface area contributed by atoms with Gasteiger partial charge in [-0.3, -0.25) is 24.1 Å². The van der Waals surface area contributed by atoms with Gasteiger partial charge in [0.25, 0.3) is 5.91 Å². The summed E-state index contributed by atoms with van der Waals surface area (Å²) in [6, 6.07) is 6.88. The molecule has 2 N–H and O–H groups in total. The van der Waals surface area contributed by atoms with Crippen molar-refractivity contribution in [2.45, 2.75) is 117 Å². The molecular formula is C41H63N5O7S. The lowest BCUT2D eigenvalue weighted by molar-refractivity contribution is -0.143. The molecule has 1 aliphatic rings. The Morgan fingerprint density at radius 2 is 1.70 bits per heavy atom. The number of carboxylic acid groups (broad SMARTS) is 1. The highest BCUT2D eigenvalue weighted by molar-refractivity contribution is 7.09. The van der Waals surface area contributed by atoms with Crippen LogP contribution in [-0.4, -0.2) is 107 Å². The summed E-state index contributed by atoms with van der Waals surface area (Å²) in [7, 11) is 6.91. The molecule has 0 radical (unpaired) electrons. The average Bonchev–Trinajstić information content (AvgIpc) is 3.62. The summed E-state index contributed by atoms with van der Waals surface area (Å²) in [5.74, 6) is -2.62. The average molecular weight is 770 g/mol. The molecule has 7 atom stereocenters. The third-order valence-electron chi connectivity index (χ3n) is 10.9. The maximum absolute atomic E-state index is 14.3. The van der Waals surface area contributed by atoms with Gasteiger partial charge in [0, 0.05) is 57.4 Å². The number of benzene rings is 1. The van der Waals surface area contributed by atoms with E-state index in [2.05, 4.69) is 15.2 Å². The number of carbonyl (C=O) groups is 5. The monoisotopic (exact) mass is 769 g/mol. The van der Waals surface area contributed by atoms with Gasteiger partial charge >= 0.3 is 12.1 Å². The van der Waals surface area contributed by atoms with Crippen LogP contribution < -0.4 is 5.32 Å². The van der Waals surface area contributed by atoms with Crippen LogP contribution in [0.4, 0.5) is 4.79 Å². The number of hydrogen-bond donors (Lipinski definition) is 2. The Balaban J connectivity index is 1.86. The summed E-state index contributed by atoms with van der Waals surface area (Å²) in [6.07, 6.45) is 3.25. The highest BCUT2D eigenvalue weighted by Gasteiger charge is 2.38. The summed E-state index contributed by atoms with van der Waals surface area (Å²) in [4.78, 5) is 76.1. The number of aliphatic carboxylic acids is 1. The SMILES string of the molecule is CC[C@H](C)[C@H](CC(=O)[C@H]1CCCCN1C)C(=O)N(C)[C@H](C[C@@H](OC(=O)N(C)C)c1nc(C(=O)N[C@@H](Cc2ccc(C)cc2)C[C@H](C)C(=O)O)cs1)C(C)C. The summed E-state index contributed by atoms with van der Waals surface area (Å²) >= 11 is 1.19. The zero-order valence-electron chi connectivity index (χ0n) is 34.0. The number of thiazole rings is 1. The molecule has 0 aliphatic carbocycles. The fourth-order valence-electron chi connectivity index (χ4n) is 7.13. The first kappa shape index (κ1) is 44.6. The number of aromatic nitrogens is 1. The van der Waals surface area contributed by atoms with E-state index in [-0.39, 0.29) is 60.6 Å². The Labute approximate surface area is 326 Å². The number of carbonyl (C=O) groups excluding carboxylic acids is 4. The van der Waals surface area contributed by atoms with Gasteiger partial charge in [-0.05, 0) is 63.6 Å². The van der Waals surface area contributed by atoms with Gasteiger partial charge in [-0.15, -0.1) is 11.3 Å². The van der Waals surface area contributed by atoms with E-state index in [1.54, 1.807) is 38.3 Å². The van der Waals surface area contributed by atoms with Crippen LogP contribution in [-0.2, 0) is 25.5 Å². The van der Waals surface area contributed by atoms with Crippen LogP contribution >= 0.6 is 11.3 Å². The van der Waals surface area contributed by atoms with E-state index >= 15 is 0 Å². The van der Waals surface area contributed by atoms with Crippen LogP contribution in [0.25, 0.3) is 0 Å². The van der Waals surface area contributed by atoms with E-state index in [0.29, 0.717) is 11.4 Å². The molecule has 1 saturated heterocycles. The van der Waals surface area contributed by atoms with Crippen molar-refractivity contribution in [3.63, 3.8) is 0 Å². The first-order valence-corrected chi connectivity index (χ1v) is 20.2. The van der Waals surface area contributed by atoms with Crippen molar-refractivity contribution in [3.8, 4) is 0 Å². The molecule has 2 aromatic rings. The number of amides is 3. The van der Waals surface area contributed by atoms with Crippen LogP contribution in [0.15, 0.2) is 29.6 Å². The standard InChI is InChI=1S/C41H63N5O7S/c1-11-27(5)31(22-35(47)33-14-12-13-19-45(33)9)39(49)46(10)34(25(2)3)23-36(53-41(52)44(7)8)38-43-32(24-54-38)37(48)42-30(20-28(6)40(50)51)21-29-17-15-26(4)16-18-29/h15-18,24-25,27-28,30-31,33-34,36H,11-14,19-23H2,1-10H3,(H,42,48)(H,50,51)/t27-,28-,30+,31-,33+,34+,36+/m0/s1. The maximum Gasteiger partial charge on any atom is 0.409 e. The van der Waals surface area contributed by atoms with Gasteiger partial charge in [0.15, 0.2) is 11.9 Å². The van der Waals surface area contributed by atoms with Crippen LogP contribution in [0.3, 0.4) is 0 Å². The van der Waals surface area contributed by atoms with E-state index < -0.39 is 42.0 Å². The van der Waals surface area contributed by atoms with Gasteiger partial charge in [-0.25, -0.2) is 9.78 Å². The van der Waals surface area contributed by atoms with Gasteiger partial charge in [0.1, 0.15) is 10.7 Å². The Bertz CT molecular complexity index is 1560. The normalized spacial score (nSPS) is 18.2. The summed E-state index contributed by atoms with van der Waals surface area (Å²) in [6.45, 7) is 12.6. The number of likely N-dealkylation sites (tertiary alicyclic amines) is 1. The molecule has 0 bridgehead atoms. The zero-order chi connectivity index (χ0) is 40.3. The quantitative estimate of drug-likeness (QED) is 0.161. The molecule has 3 amide bonds. The predicted octanol–water partition coefficient (Wildman–Crippen LogP) is 6.62. The van der Waals surface area contributed by atoms with Crippen molar-refractivity contribution < 1.29 is 33.8 Å². The number of rotatable bonds is 19. The van der Waals surface area contributed by atoms with Crippen molar-refractivity contribution >= 4 is 41.0 Å². The third-order valence-corrected chi connectivity index (χ3v) is 11.9. The number of ether oxygens (including phenoxy) is 1. The Morgan fingerprint density at radius 3 is 2.28 bits per heavy atom. The molecule has 1 aromatic carbocycles. The highest BCUT2D eigenvalue weighted by Crippen LogP contribution is 2.33. The molecule has 0 spiro atoms. The van der Waals surface area contributed by atoms with E-state index in [1.807, 2.05) is 65.9 Å². The number of hydrogen-bond acceptors (Lipinski definition) is 9. The number of nitrogens with one attached hydrogen (secondary N) is 1. The molecule has 1 aromatic heterocycles. The molecule has 300 valence electrons. The third kappa shape index (κ3) is 12.6. The van der Waals surface area contributed by atoms with E-state index in [1.165, 1.54) is 16.2 Å². The number of carboxylic acids is 1. The smallest absolute Gasteiger partial charge is 0.409 e. The lowest BCUT2D eigenvalue weighted by Gasteiger charge is -2.37. The molecule has 0 saturated carbocycles. The second kappa shape index (κ2) is 20.7. The molecule has 13 heteroatoms. The molecular weight excluding hydrogens is 707 g/mol. The molecule has 2 heterocycles. The Kier molecular flexibility index (Phi) is 17.1. The van der Waals surface area contributed by atoms with Crippen molar-refractivity contribution in [1.29, 1.82) is 0 Å². The van der Waals surface area contributed by atoms with Crippen LogP contribution in [0.1, 0.15) is 112 Å². The fraction of sp³-hybridized carbons (Fsp3) is 0.659. The van der Waals surface area contributed by atoms with Crippen molar-refractivity contribution in [3.05, 3.63) is 51.5 Å². The van der Waals surface area contributed by atoms with Crippen molar-refractivity contribution in [1.82, 2.24) is 25.0 Å². The summed E-state index contributed by atoms with van der Waals surface area (Å²) < 4.78 is 5.98. The van der Waals surface area contributed by atoms with Gasteiger partial charge in [-0.2, -0.15) is 0 Å². The lowest BCUT2D eigenvalue weighted by atomic mass is 9.83. The number of likely N-dealkylation sites (N-methyl/N-ethyl adjacent to an activating group) is 1. The number of Topliss-reactive ketones (excluding diaryl/α,β-unsaturated/α-hetero) is 1. The molecule has 54 heavy (non-hydrogen) atoms. The van der Waals surface area contributed by atoms with Crippen LogP contribution in [0, 0.1) is 30.6 Å². The molecule has 0 unspecified atom stereocenters. The second-order valence-electron chi connectivity index (χ2n) is 15.8. The van der Waals surface area contributed by atoms with Gasteiger partial charge in [0.2, 0.25) is 5.91 Å². The molecule has 1 aliphatic heterocycles. The van der Waals surface area contributed by atoms with E-state index in [4.69, 9.17) is 4.74 Å². The van der Waals surface area contributed by atoms with Crippen molar-refractivity contribution in [2.24, 2.45) is 23.7 Å². The number of ketones is 1. The van der Waals surface area contributed by atoms with E-state index in [9.17, 15) is 29.1 Å². The number of aryl methyl sites for hydroxylation is 1. The second-order valence-corrected chi connectivity index (χ2v) is 16.7. The number of nitrogens with zero attached hydrogens (tertiary/aromatic N) is 4. The van der Waals surface area contributed by atoms with E-state index in [0.717, 1.165) is 43.4 Å². The summed E-state index contributed by atoms with van der Waals surface area (Å²) in [5.41, 5.74) is 2.20. The van der Waals surface area contributed by atoms with Gasteiger partial charge < -0.3 is 25.0 Å². The van der Waals surface area contributed by atoms with Crippen LogP contribution in [0.5, 0.6) is 0 Å². The minimum atomic E-state index is -0.943. The van der Waals surface area contributed by atoms with Crippen molar-refractivity contribution in [2.75, 3.05) is 34.7 Å². The first-order chi connectivity index (χ1) is 25.4. The molecule has 3 rings (SSSR count). The zero-order valence-corrected chi connectivity index (χ0v) is 34.8. The minimum absolute atomic E-state index is 0.0127. The highest BCUT2D eigenvalue weighted by atomic mass is 32.1. The first-order valence-electron chi connectivity index (χ1n) is 19.3. The van der Waals surface area contributed by atoms with Gasteiger partial charge in [0.05, 0.1) is 12.0 Å². The summed E-state index contributed by atoms with van der Waals surface area (Å²) in [5, 5.41) is 14.6. The molecule has 1 fully saturated rings. The largest absolute Gasteiger partial charge is 0.481 e. The maximum atomic E-state index is 14.3. The van der Waals surface area contributed by atoms with Crippen LogP contribution in [0.2, 0.25) is 0 Å². The fourth-order valence-corrected chi connectivity index (χ4v) is 7.97. The topological polar surface area (TPSA) is 149 Å².